The zero-order valence-electron chi connectivity index (χ0n) is 19.7. The fourth-order valence-corrected chi connectivity index (χ4v) is 3.86. The highest BCUT2D eigenvalue weighted by Crippen LogP contribution is 2.29. The first-order chi connectivity index (χ1) is 16.9. The zero-order valence-corrected chi connectivity index (χ0v) is 19.7. The number of aromatic carboxylic acids is 1. The molecule has 7 heteroatoms. The molecule has 0 aliphatic rings. The monoisotopic (exact) mass is 475 g/mol. The third-order valence-electron chi connectivity index (χ3n) is 5.83. The van der Waals surface area contributed by atoms with E-state index in [1.165, 1.54) is 80.1 Å². The van der Waals surface area contributed by atoms with Crippen molar-refractivity contribution in [2.45, 2.75) is 51.9 Å². The van der Waals surface area contributed by atoms with Gasteiger partial charge in [0, 0.05) is 12.1 Å². The first kappa shape index (κ1) is 25.6. The molecule has 0 amide bonds. The molecule has 3 aromatic rings. The molecule has 3 aromatic carbocycles. The van der Waals surface area contributed by atoms with E-state index in [-0.39, 0.29) is 22.6 Å². The molecular formula is C28H29NO6. The van der Waals surface area contributed by atoms with Gasteiger partial charge in [0.05, 0.1) is 16.1 Å². The molecule has 0 saturated heterocycles. The molecule has 0 unspecified atom stereocenters. The van der Waals surface area contributed by atoms with Crippen molar-refractivity contribution in [3.05, 3.63) is 93.5 Å². The van der Waals surface area contributed by atoms with E-state index in [2.05, 4.69) is 6.92 Å². The van der Waals surface area contributed by atoms with E-state index in [4.69, 9.17) is 4.74 Å². The van der Waals surface area contributed by atoms with Crippen LogP contribution < -0.4 is 4.74 Å². The second kappa shape index (κ2) is 12.5. The van der Waals surface area contributed by atoms with Gasteiger partial charge in [0.25, 0.3) is 5.69 Å². The van der Waals surface area contributed by atoms with E-state index in [0.717, 1.165) is 12.8 Å². The summed E-state index contributed by atoms with van der Waals surface area (Å²) in [5.41, 5.74) is 2.47. The lowest BCUT2D eigenvalue weighted by molar-refractivity contribution is -0.384. The van der Waals surface area contributed by atoms with E-state index >= 15 is 0 Å². The Morgan fingerprint density at radius 3 is 2.17 bits per heavy atom. The molecule has 0 aliphatic heterocycles. The Balaban J connectivity index is 1.72. The van der Waals surface area contributed by atoms with Crippen molar-refractivity contribution in [2.24, 2.45) is 0 Å². The summed E-state index contributed by atoms with van der Waals surface area (Å²) < 4.78 is 5.41. The summed E-state index contributed by atoms with van der Waals surface area (Å²) >= 11 is 0. The highest BCUT2D eigenvalue weighted by Gasteiger charge is 2.16. The number of nitrogens with zero attached hydrogens (tertiary/aromatic N) is 1. The molecule has 0 aliphatic carbocycles. The number of carboxylic acid groups (broad SMARTS) is 1. The molecule has 7 nitrogen and oxygen atoms in total. The van der Waals surface area contributed by atoms with Gasteiger partial charge in [-0.1, -0.05) is 63.3 Å². The van der Waals surface area contributed by atoms with Crippen molar-refractivity contribution in [2.75, 3.05) is 0 Å². The summed E-state index contributed by atoms with van der Waals surface area (Å²) in [5, 5.41) is 20.4. The topological polar surface area (TPSA) is 107 Å². The summed E-state index contributed by atoms with van der Waals surface area (Å²) in [5.74, 6) is -1.59. The van der Waals surface area contributed by atoms with E-state index in [1.807, 2.05) is 24.3 Å². The molecule has 1 N–H and O–H groups in total. The van der Waals surface area contributed by atoms with Gasteiger partial charge in [0.1, 0.15) is 5.75 Å². The van der Waals surface area contributed by atoms with Crippen LogP contribution in [0.25, 0.3) is 11.1 Å². The number of ether oxygens (including phenoxy) is 1. The Morgan fingerprint density at radius 1 is 0.886 bits per heavy atom. The van der Waals surface area contributed by atoms with Crippen LogP contribution in [0.5, 0.6) is 5.75 Å². The molecule has 0 radical (unpaired) electrons. The van der Waals surface area contributed by atoms with E-state index < -0.39 is 16.9 Å². The number of carbonyl (C=O) groups excluding carboxylic acids is 1. The average molecular weight is 476 g/mol. The molecule has 35 heavy (non-hydrogen) atoms. The van der Waals surface area contributed by atoms with Crippen LogP contribution >= 0.6 is 0 Å². The molecule has 3 rings (SSSR count). The minimum absolute atomic E-state index is 0.101. The quantitative estimate of drug-likeness (QED) is 0.0986. The lowest BCUT2D eigenvalue weighted by Gasteiger charge is -2.11. The van der Waals surface area contributed by atoms with Gasteiger partial charge in [-0.3, -0.25) is 10.1 Å². The van der Waals surface area contributed by atoms with Gasteiger partial charge in [-0.05, 0) is 59.9 Å². The number of hydrogen-bond acceptors (Lipinski definition) is 5. The third-order valence-corrected chi connectivity index (χ3v) is 5.83. The molecule has 0 bridgehead atoms. The number of non-ortho nitro benzene ring substituents is 1. The first-order valence-electron chi connectivity index (χ1n) is 11.8. The zero-order chi connectivity index (χ0) is 25.2. The molecule has 0 fully saturated rings. The Bertz CT molecular complexity index is 1170. The summed E-state index contributed by atoms with van der Waals surface area (Å²) in [7, 11) is 0. The van der Waals surface area contributed by atoms with Crippen LogP contribution in [0.4, 0.5) is 5.69 Å². The molecule has 0 heterocycles. The minimum atomic E-state index is -1.08. The van der Waals surface area contributed by atoms with Gasteiger partial charge < -0.3 is 9.84 Å². The maximum absolute atomic E-state index is 12.5. The molecular weight excluding hydrogens is 446 g/mol. The molecule has 0 aromatic heterocycles. The van der Waals surface area contributed by atoms with Gasteiger partial charge in [0.15, 0.2) is 0 Å². The number of nitro benzene ring substituents is 1. The Labute approximate surface area is 204 Å². The van der Waals surface area contributed by atoms with Crippen molar-refractivity contribution in [3.63, 3.8) is 0 Å². The number of benzene rings is 3. The lowest BCUT2D eigenvalue weighted by Crippen LogP contribution is -2.09. The van der Waals surface area contributed by atoms with Crippen LogP contribution in [0.15, 0.2) is 66.7 Å². The number of rotatable bonds is 12. The molecule has 0 atom stereocenters. The van der Waals surface area contributed by atoms with Gasteiger partial charge in [-0.25, -0.2) is 9.59 Å². The Kier molecular flexibility index (Phi) is 9.12. The highest BCUT2D eigenvalue weighted by atomic mass is 16.6. The van der Waals surface area contributed by atoms with Crippen LogP contribution in [-0.4, -0.2) is 22.0 Å². The summed E-state index contributed by atoms with van der Waals surface area (Å²) in [4.78, 5) is 34.5. The van der Waals surface area contributed by atoms with Crippen molar-refractivity contribution in [1.82, 2.24) is 0 Å². The van der Waals surface area contributed by atoms with Crippen molar-refractivity contribution < 1.29 is 24.4 Å². The minimum Gasteiger partial charge on any atom is -0.478 e. The van der Waals surface area contributed by atoms with E-state index in [1.54, 1.807) is 0 Å². The largest absolute Gasteiger partial charge is 0.478 e. The number of esters is 1. The SMILES string of the molecule is CCCCCCCCc1ccc(-c2cc(OC(=O)c3ccc([N+](=O)[O-])cc3)ccc2C(=O)O)cc1. The number of hydrogen-bond donors (Lipinski definition) is 1. The van der Waals surface area contributed by atoms with Crippen molar-refractivity contribution >= 4 is 17.6 Å². The molecule has 0 spiro atoms. The maximum atomic E-state index is 12.5. The van der Waals surface area contributed by atoms with Gasteiger partial charge >= 0.3 is 11.9 Å². The Hall–Kier alpha value is -4.00. The second-order valence-corrected chi connectivity index (χ2v) is 8.42. The smallest absolute Gasteiger partial charge is 0.343 e. The number of unbranched alkanes of at least 4 members (excludes halogenated alkanes) is 5. The van der Waals surface area contributed by atoms with Crippen LogP contribution in [0.2, 0.25) is 0 Å². The van der Waals surface area contributed by atoms with Gasteiger partial charge in [0.2, 0.25) is 0 Å². The number of carbonyl (C=O) groups is 2. The first-order valence-corrected chi connectivity index (χ1v) is 11.8. The number of carboxylic acids is 1. The van der Waals surface area contributed by atoms with Crippen LogP contribution in [0.3, 0.4) is 0 Å². The molecule has 0 saturated carbocycles. The third kappa shape index (κ3) is 7.24. The van der Waals surface area contributed by atoms with Crippen LogP contribution in [0.1, 0.15) is 71.7 Å². The lowest BCUT2D eigenvalue weighted by atomic mass is 9.97. The van der Waals surface area contributed by atoms with Gasteiger partial charge in [-0.15, -0.1) is 0 Å². The maximum Gasteiger partial charge on any atom is 0.343 e. The van der Waals surface area contributed by atoms with Crippen molar-refractivity contribution in [1.29, 1.82) is 0 Å². The van der Waals surface area contributed by atoms with Crippen LogP contribution in [0, 0.1) is 10.1 Å². The number of aryl methyl sites for hydroxylation is 1. The predicted octanol–water partition coefficient (Wildman–Crippen LogP) is 7.08. The van der Waals surface area contributed by atoms with Crippen LogP contribution in [-0.2, 0) is 6.42 Å². The summed E-state index contributed by atoms with van der Waals surface area (Å²) in [6.45, 7) is 2.20. The fourth-order valence-electron chi connectivity index (χ4n) is 3.86. The normalized spacial score (nSPS) is 10.7. The fraction of sp³-hybridized carbons (Fsp3) is 0.286. The molecule has 182 valence electrons. The van der Waals surface area contributed by atoms with E-state index in [0.29, 0.717) is 11.1 Å². The average Bonchev–Trinajstić information content (AvgIpc) is 2.86. The van der Waals surface area contributed by atoms with E-state index in [9.17, 15) is 24.8 Å². The van der Waals surface area contributed by atoms with Crippen molar-refractivity contribution in [3.8, 4) is 16.9 Å². The Morgan fingerprint density at radius 2 is 1.54 bits per heavy atom. The van der Waals surface area contributed by atoms with Gasteiger partial charge in [-0.2, -0.15) is 0 Å². The number of nitro groups is 1. The summed E-state index contributed by atoms with van der Waals surface area (Å²) in [6, 6.07) is 17.2. The standard InChI is InChI=1S/C28H29NO6/c1-2-3-4-5-6-7-8-20-9-11-21(12-10-20)26-19-24(17-18-25(26)27(30)31)35-28(32)22-13-15-23(16-14-22)29(33)34/h9-19H,2-8H2,1H3,(H,30,31). The summed E-state index contributed by atoms with van der Waals surface area (Å²) in [6.07, 6.45) is 8.34. The predicted molar refractivity (Wildman–Crippen MR) is 134 cm³/mol. The second-order valence-electron chi connectivity index (χ2n) is 8.42. The highest BCUT2D eigenvalue weighted by molar-refractivity contribution is 5.97.